The van der Waals surface area contributed by atoms with Crippen LogP contribution < -0.4 is 4.87 Å². The van der Waals surface area contributed by atoms with Crippen molar-refractivity contribution in [3.05, 3.63) is 15.4 Å². The van der Waals surface area contributed by atoms with Gasteiger partial charge in [-0.25, -0.2) is 8.42 Å². The van der Waals surface area contributed by atoms with Crippen LogP contribution >= 0.6 is 11.3 Å². The van der Waals surface area contributed by atoms with Crippen LogP contribution in [0.4, 0.5) is 0 Å². The molecule has 1 aliphatic heterocycles. The van der Waals surface area contributed by atoms with Crippen molar-refractivity contribution in [1.29, 1.82) is 0 Å². The molecule has 2 rings (SSSR count). The summed E-state index contributed by atoms with van der Waals surface area (Å²) < 4.78 is 25.9. The van der Waals surface area contributed by atoms with Crippen LogP contribution in [0.5, 0.6) is 0 Å². The molecule has 2 N–H and O–H groups in total. The maximum atomic E-state index is 12.2. The molecule has 0 amide bonds. The van der Waals surface area contributed by atoms with Gasteiger partial charge in [0.2, 0.25) is 0 Å². The first kappa shape index (κ1) is 12.7. The third kappa shape index (κ3) is 2.30. The van der Waals surface area contributed by atoms with Crippen molar-refractivity contribution in [2.75, 3.05) is 19.7 Å². The fourth-order valence-electron chi connectivity index (χ4n) is 1.92. The van der Waals surface area contributed by atoms with E-state index in [1.54, 1.807) is 6.92 Å². The summed E-state index contributed by atoms with van der Waals surface area (Å²) in [5.41, 5.74) is 0.382. The smallest absolute Gasteiger partial charge is 0.305 e. The molecule has 0 aliphatic carbocycles. The predicted octanol–water partition coefficient (Wildman–Crippen LogP) is -0.252. The van der Waals surface area contributed by atoms with Crippen molar-refractivity contribution < 1.29 is 13.5 Å². The normalized spacial score (nSPS) is 22.1. The van der Waals surface area contributed by atoms with E-state index < -0.39 is 10.0 Å². The number of aromatic nitrogens is 1. The Hall–Kier alpha value is -0.700. The third-order valence-corrected chi connectivity index (χ3v) is 6.31. The number of rotatable bonds is 3. The summed E-state index contributed by atoms with van der Waals surface area (Å²) in [6.45, 7) is 2.29. The van der Waals surface area contributed by atoms with E-state index in [4.69, 9.17) is 5.11 Å². The van der Waals surface area contributed by atoms with Crippen molar-refractivity contribution in [2.24, 2.45) is 5.92 Å². The Morgan fingerprint density at radius 2 is 2.29 bits per heavy atom. The number of nitrogens with one attached hydrogen (secondary N) is 1. The number of hydrogen-bond donors (Lipinski definition) is 2. The number of aliphatic hydroxyl groups is 1. The summed E-state index contributed by atoms with van der Waals surface area (Å²) in [6, 6.07) is 0. The first-order valence-corrected chi connectivity index (χ1v) is 7.51. The maximum Gasteiger partial charge on any atom is 0.305 e. The highest BCUT2D eigenvalue weighted by Gasteiger charge is 2.34. The minimum absolute atomic E-state index is 0.000690. The van der Waals surface area contributed by atoms with Crippen LogP contribution in [-0.4, -0.2) is 42.5 Å². The number of H-pyrrole nitrogens is 1. The number of aromatic amines is 1. The van der Waals surface area contributed by atoms with Gasteiger partial charge in [-0.2, -0.15) is 4.31 Å². The molecule has 1 saturated heterocycles. The molecule has 1 aromatic rings. The molecule has 0 bridgehead atoms. The van der Waals surface area contributed by atoms with Gasteiger partial charge in [0, 0.05) is 25.4 Å². The summed E-state index contributed by atoms with van der Waals surface area (Å²) in [5.74, 6) is 0.000690. The van der Waals surface area contributed by atoms with Gasteiger partial charge in [-0.3, -0.25) is 4.79 Å². The largest absolute Gasteiger partial charge is 0.396 e. The van der Waals surface area contributed by atoms with E-state index >= 15 is 0 Å². The zero-order chi connectivity index (χ0) is 12.6. The number of hydrogen-bond acceptors (Lipinski definition) is 5. The van der Waals surface area contributed by atoms with E-state index in [0.29, 0.717) is 36.5 Å². The quantitative estimate of drug-likeness (QED) is 0.797. The van der Waals surface area contributed by atoms with E-state index in [2.05, 4.69) is 4.98 Å². The molecule has 17 heavy (non-hydrogen) atoms. The third-order valence-electron chi connectivity index (χ3n) is 2.86. The predicted molar refractivity (Wildman–Crippen MR) is 63.6 cm³/mol. The summed E-state index contributed by atoms with van der Waals surface area (Å²) in [6.07, 6.45) is 0.661. The van der Waals surface area contributed by atoms with Crippen molar-refractivity contribution in [3.8, 4) is 0 Å². The van der Waals surface area contributed by atoms with Crippen LogP contribution in [0.3, 0.4) is 0 Å². The molecule has 0 radical (unpaired) electrons. The SMILES string of the molecule is Cc1[nH]c(=O)sc1S(=O)(=O)N1CCC(CO)C1. The van der Waals surface area contributed by atoms with E-state index in [9.17, 15) is 13.2 Å². The molecule has 6 nitrogen and oxygen atoms in total. The minimum atomic E-state index is -3.58. The second-order valence-electron chi connectivity index (χ2n) is 4.13. The summed E-state index contributed by atoms with van der Waals surface area (Å²) >= 11 is 0.714. The molecule has 1 aromatic heterocycles. The fourth-order valence-corrected chi connectivity index (χ4v) is 4.88. The highest BCUT2D eigenvalue weighted by molar-refractivity contribution is 7.91. The van der Waals surface area contributed by atoms with Gasteiger partial charge in [-0.05, 0) is 19.3 Å². The molecule has 1 atom stereocenters. The summed E-state index contributed by atoms with van der Waals surface area (Å²) in [4.78, 5) is 13.2. The van der Waals surface area contributed by atoms with Gasteiger partial charge < -0.3 is 10.1 Å². The van der Waals surface area contributed by atoms with Crippen LogP contribution in [0, 0.1) is 12.8 Å². The van der Waals surface area contributed by atoms with Crippen LogP contribution in [0.2, 0.25) is 0 Å². The molecule has 0 saturated carbocycles. The van der Waals surface area contributed by atoms with Gasteiger partial charge in [-0.1, -0.05) is 11.3 Å². The minimum Gasteiger partial charge on any atom is -0.396 e. The molecule has 1 unspecified atom stereocenters. The number of sulfonamides is 1. The average molecular weight is 278 g/mol. The summed E-state index contributed by atoms with van der Waals surface area (Å²) in [5, 5.41) is 9.00. The first-order valence-electron chi connectivity index (χ1n) is 5.26. The van der Waals surface area contributed by atoms with Crippen LogP contribution in [0.25, 0.3) is 0 Å². The van der Waals surface area contributed by atoms with Crippen molar-refractivity contribution in [2.45, 2.75) is 17.6 Å². The van der Waals surface area contributed by atoms with Gasteiger partial charge in [0.05, 0.1) is 0 Å². The molecule has 1 aliphatic rings. The monoisotopic (exact) mass is 278 g/mol. The first-order chi connectivity index (χ1) is 7.95. The number of nitrogens with zero attached hydrogens (tertiary/aromatic N) is 1. The van der Waals surface area contributed by atoms with Gasteiger partial charge in [-0.15, -0.1) is 0 Å². The second kappa shape index (κ2) is 4.52. The Kier molecular flexibility index (Phi) is 3.39. The number of aliphatic hydroxyl groups excluding tert-OH is 1. The van der Waals surface area contributed by atoms with Gasteiger partial charge >= 0.3 is 4.87 Å². The lowest BCUT2D eigenvalue weighted by molar-refractivity contribution is 0.233. The average Bonchev–Trinajstić information content (AvgIpc) is 2.85. The lowest BCUT2D eigenvalue weighted by atomic mass is 10.1. The molecular weight excluding hydrogens is 264 g/mol. The number of aryl methyl sites for hydroxylation is 1. The van der Waals surface area contributed by atoms with Crippen LogP contribution in [-0.2, 0) is 10.0 Å². The standard InChI is InChI=1S/C9H14N2O4S2/c1-6-8(16-9(13)10-6)17(14,15)11-3-2-7(4-11)5-12/h7,12H,2-5H2,1H3,(H,10,13). The van der Waals surface area contributed by atoms with Crippen molar-refractivity contribution in [1.82, 2.24) is 9.29 Å². The van der Waals surface area contributed by atoms with E-state index in [1.165, 1.54) is 4.31 Å². The molecule has 0 spiro atoms. The zero-order valence-electron chi connectivity index (χ0n) is 9.34. The second-order valence-corrected chi connectivity index (χ2v) is 7.24. The molecule has 0 aromatic carbocycles. The van der Waals surface area contributed by atoms with Crippen molar-refractivity contribution in [3.63, 3.8) is 0 Å². The fraction of sp³-hybridized carbons (Fsp3) is 0.667. The molecule has 96 valence electrons. The molecule has 2 heterocycles. The molecular formula is C9H14N2O4S2. The Balaban J connectivity index is 2.32. The highest BCUT2D eigenvalue weighted by Crippen LogP contribution is 2.26. The Morgan fingerprint density at radius 1 is 1.59 bits per heavy atom. The molecule has 1 fully saturated rings. The number of thiazole rings is 1. The van der Waals surface area contributed by atoms with E-state index in [1.807, 2.05) is 0 Å². The Morgan fingerprint density at radius 3 is 2.76 bits per heavy atom. The topological polar surface area (TPSA) is 90.5 Å². The zero-order valence-corrected chi connectivity index (χ0v) is 11.0. The Bertz CT molecular complexity index is 560. The van der Waals surface area contributed by atoms with Crippen molar-refractivity contribution >= 4 is 21.4 Å². The summed E-state index contributed by atoms with van der Waals surface area (Å²) in [7, 11) is -3.58. The lowest BCUT2D eigenvalue weighted by Gasteiger charge is -2.15. The van der Waals surface area contributed by atoms with Gasteiger partial charge in [0.15, 0.2) is 4.21 Å². The van der Waals surface area contributed by atoms with Crippen LogP contribution in [0.1, 0.15) is 12.1 Å². The Labute approximate surface area is 103 Å². The van der Waals surface area contributed by atoms with Gasteiger partial charge in [0.1, 0.15) is 0 Å². The van der Waals surface area contributed by atoms with E-state index in [-0.39, 0.29) is 21.6 Å². The van der Waals surface area contributed by atoms with Gasteiger partial charge in [0.25, 0.3) is 10.0 Å². The van der Waals surface area contributed by atoms with E-state index in [0.717, 1.165) is 0 Å². The highest BCUT2D eigenvalue weighted by atomic mass is 32.2. The molecule has 8 heteroatoms. The maximum absolute atomic E-state index is 12.2. The van der Waals surface area contributed by atoms with Crippen LogP contribution in [0.15, 0.2) is 9.00 Å². The lowest BCUT2D eigenvalue weighted by Crippen LogP contribution is -2.29.